The van der Waals surface area contributed by atoms with Crippen LogP contribution in [0.4, 0.5) is 4.39 Å². The molecule has 0 aliphatic carbocycles. The van der Waals surface area contributed by atoms with Crippen molar-refractivity contribution in [2.75, 3.05) is 0 Å². The third-order valence-electron chi connectivity index (χ3n) is 2.03. The monoisotopic (exact) mass is 194 g/mol. The lowest BCUT2D eigenvalue weighted by atomic mass is 10.3. The minimum absolute atomic E-state index is 0.0920. The number of aromatic carboxylic acids is 1. The number of aromatic nitrogens is 2. The highest BCUT2D eigenvalue weighted by atomic mass is 19.1. The molecule has 0 unspecified atom stereocenters. The van der Waals surface area contributed by atoms with Gasteiger partial charge in [-0.2, -0.15) is 0 Å². The summed E-state index contributed by atoms with van der Waals surface area (Å²) in [5.41, 5.74) is 0.953. The molecule has 1 N–H and O–H groups in total. The summed E-state index contributed by atoms with van der Waals surface area (Å²) in [7, 11) is 1.54. The molecule has 0 aliphatic rings. The zero-order valence-electron chi connectivity index (χ0n) is 7.36. The SMILES string of the molecule is Cn1c(C(=O)O)nc2ccc(F)cc21. The van der Waals surface area contributed by atoms with Crippen LogP contribution in [0, 0.1) is 5.82 Å². The first kappa shape index (κ1) is 8.68. The summed E-state index contributed by atoms with van der Waals surface area (Å²) in [6.45, 7) is 0. The second-order valence-electron chi connectivity index (χ2n) is 2.93. The summed E-state index contributed by atoms with van der Waals surface area (Å²) in [5.74, 6) is -1.62. The average Bonchev–Trinajstić information content (AvgIpc) is 2.44. The minimum Gasteiger partial charge on any atom is -0.475 e. The fourth-order valence-corrected chi connectivity index (χ4v) is 1.35. The van der Waals surface area contributed by atoms with E-state index in [2.05, 4.69) is 4.98 Å². The van der Waals surface area contributed by atoms with E-state index in [4.69, 9.17) is 5.11 Å². The predicted molar refractivity (Wildman–Crippen MR) is 47.6 cm³/mol. The number of hydrogen-bond donors (Lipinski definition) is 1. The van der Waals surface area contributed by atoms with Crippen molar-refractivity contribution in [3.05, 3.63) is 29.8 Å². The Morgan fingerprint density at radius 2 is 2.29 bits per heavy atom. The lowest BCUT2D eigenvalue weighted by Gasteiger charge is -1.96. The first-order valence-electron chi connectivity index (χ1n) is 3.95. The first-order chi connectivity index (χ1) is 6.59. The number of halogens is 1. The topological polar surface area (TPSA) is 55.1 Å². The van der Waals surface area contributed by atoms with Crippen LogP contribution in [0.25, 0.3) is 11.0 Å². The molecule has 1 aromatic carbocycles. The molecule has 1 heterocycles. The molecule has 14 heavy (non-hydrogen) atoms. The van der Waals surface area contributed by atoms with E-state index in [1.165, 1.54) is 29.8 Å². The van der Waals surface area contributed by atoms with E-state index in [-0.39, 0.29) is 5.82 Å². The van der Waals surface area contributed by atoms with E-state index in [9.17, 15) is 9.18 Å². The van der Waals surface area contributed by atoms with Gasteiger partial charge in [0, 0.05) is 7.05 Å². The predicted octanol–water partition coefficient (Wildman–Crippen LogP) is 1.41. The largest absolute Gasteiger partial charge is 0.475 e. The molecule has 0 radical (unpaired) electrons. The lowest BCUT2D eigenvalue weighted by molar-refractivity contribution is 0.0680. The molecule has 0 saturated heterocycles. The van der Waals surface area contributed by atoms with Crippen LogP contribution in [0.1, 0.15) is 10.6 Å². The molecule has 0 atom stereocenters. The third-order valence-corrected chi connectivity index (χ3v) is 2.03. The first-order valence-corrected chi connectivity index (χ1v) is 3.95. The van der Waals surface area contributed by atoms with Crippen LogP contribution in [0.2, 0.25) is 0 Å². The van der Waals surface area contributed by atoms with Crippen molar-refractivity contribution >= 4 is 17.0 Å². The van der Waals surface area contributed by atoms with E-state index in [1.807, 2.05) is 0 Å². The summed E-state index contributed by atoms with van der Waals surface area (Å²) >= 11 is 0. The van der Waals surface area contributed by atoms with Gasteiger partial charge in [-0.25, -0.2) is 14.2 Å². The van der Waals surface area contributed by atoms with E-state index in [1.54, 1.807) is 0 Å². The van der Waals surface area contributed by atoms with Crippen LogP contribution in [0.15, 0.2) is 18.2 Å². The maximum atomic E-state index is 12.8. The zero-order valence-corrected chi connectivity index (χ0v) is 7.36. The number of benzene rings is 1. The van der Waals surface area contributed by atoms with Crippen LogP contribution in [0.5, 0.6) is 0 Å². The molecule has 0 aliphatic heterocycles. The van der Waals surface area contributed by atoms with E-state index in [0.29, 0.717) is 11.0 Å². The van der Waals surface area contributed by atoms with E-state index < -0.39 is 11.8 Å². The van der Waals surface area contributed by atoms with Crippen molar-refractivity contribution in [2.24, 2.45) is 7.05 Å². The molecule has 0 amide bonds. The minimum atomic E-state index is -1.12. The Labute approximate surface area is 78.6 Å². The average molecular weight is 194 g/mol. The highest BCUT2D eigenvalue weighted by molar-refractivity contribution is 5.89. The Kier molecular flexibility index (Phi) is 1.73. The van der Waals surface area contributed by atoms with Crippen molar-refractivity contribution in [1.29, 1.82) is 0 Å². The van der Waals surface area contributed by atoms with Gasteiger partial charge < -0.3 is 9.67 Å². The van der Waals surface area contributed by atoms with Crippen molar-refractivity contribution < 1.29 is 14.3 Å². The molecule has 0 spiro atoms. The van der Waals surface area contributed by atoms with Gasteiger partial charge in [0.2, 0.25) is 5.82 Å². The number of nitrogens with zero attached hydrogens (tertiary/aromatic N) is 2. The molecule has 2 aromatic rings. The van der Waals surface area contributed by atoms with Gasteiger partial charge in [0.1, 0.15) is 5.82 Å². The lowest BCUT2D eigenvalue weighted by Crippen LogP contribution is -2.05. The van der Waals surface area contributed by atoms with Crippen molar-refractivity contribution in [2.45, 2.75) is 0 Å². The maximum Gasteiger partial charge on any atom is 0.372 e. The molecule has 0 saturated carbocycles. The molecule has 1 aromatic heterocycles. The molecule has 0 fully saturated rings. The second-order valence-corrected chi connectivity index (χ2v) is 2.93. The van der Waals surface area contributed by atoms with E-state index >= 15 is 0 Å². The molecule has 0 bridgehead atoms. The number of fused-ring (bicyclic) bond motifs is 1. The summed E-state index contributed by atoms with van der Waals surface area (Å²) in [5, 5.41) is 8.76. The normalized spacial score (nSPS) is 10.7. The van der Waals surface area contributed by atoms with Crippen LogP contribution in [-0.2, 0) is 7.05 Å². The van der Waals surface area contributed by atoms with Gasteiger partial charge in [-0.3, -0.25) is 0 Å². The van der Waals surface area contributed by atoms with Gasteiger partial charge in [-0.05, 0) is 18.2 Å². The van der Waals surface area contributed by atoms with Gasteiger partial charge in [0.25, 0.3) is 0 Å². The zero-order chi connectivity index (χ0) is 10.3. The number of carbonyl (C=O) groups is 1. The number of imidazole rings is 1. The van der Waals surface area contributed by atoms with Gasteiger partial charge in [-0.15, -0.1) is 0 Å². The summed E-state index contributed by atoms with van der Waals surface area (Å²) in [6.07, 6.45) is 0. The standard InChI is InChI=1S/C9H7FN2O2/c1-12-7-4-5(10)2-3-6(7)11-8(12)9(13)14/h2-4H,1H3,(H,13,14). The number of carboxylic acid groups (broad SMARTS) is 1. The van der Waals surface area contributed by atoms with Crippen LogP contribution >= 0.6 is 0 Å². The molecular formula is C9H7FN2O2. The third kappa shape index (κ3) is 1.14. The highest BCUT2D eigenvalue weighted by Crippen LogP contribution is 2.15. The molecule has 2 rings (SSSR count). The Hall–Kier alpha value is -1.91. The Morgan fingerprint density at radius 3 is 2.93 bits per heavy atom. The molecular weight excluding hydrogens is 187 g/mol. The van der Waals surface area contributed by atoms with E-state index in [0.717, 1.165) is 0 Å². The summed E-state index contributed by atoms with van der Waals surface area (Å²) in [6, 6.07) is 3.97. The molecule has 72 valence electrons. The van der Waals surface area contributed by atoms with Gasteiger partial charge >= 0.3 is 5.97 Å². The quantitative estimate of drug-likeness (QED) is 0.746. The van der Waals surface area contributed by atoms with Crippen molar-refractivity contribution in [1.82, 2.24) is 9.55 Å². The van der Waals surface area contributed by atoms with Crippen molar-refractivity contribution in [3.63, 3.8) is 0 Å². The van der Waals surface area contributed by atoms with Gasteiger partial charge in [0.05, 0.1) is 11.0 Å². The van der Waals surface area contributed by atoms with Gasteiger partial charge in [-0.1, -0.05) is 0 Å². The van der Waals surface area contributed by atoms with Crippen LogP contribution in [-0.4, -0.2) is 20.6 Å². The van der Waals surface area contributed by atoms with Crippen LogP contribution in [0.3, 0.4) is 0 Å². The molecule has 5 heteroatoms. The number of aryl methyl sites for hydroxylation is 1. The van der Waals surface area contributed by atoms with Crippen LogP contribution < -0.4 is 0 Å². The fraction of sp³-hybridized carbons (Fsp3) is 0.111. The number of hydrogen-bond acceptors (Lipinski definition) is 2. The number of rotatable bonds is 1. The maximum absolute atomic E-state index is 12.8. The Balaban J connectivity index is 2.80. The molecule has 4 nitrogen and oxygen atoms in total. The Bertz CT molecular complexity index is 519. The van der Waals surface area contributed by atoms with Gasteiger partial charge in [0.15, 0.2) is 0 Å². The Morgan fingerprint density at radius 1 is 1.57 bits per heavy atom. The number of carboxylic acids is 1. The van der Waals surface area contributed by atoms with Crippen molar-refractivity contribution in [3.8, 4) is 0 Å². The second kappa shape index (κ2) is 2.80. The summed E-state index contributed by atoms with van der Waals surface area (Å²) in [4.78, 5) is 14.5. The highest BCUT2D eigenvalue weighted by Gasteiger charge is 2.13. The fourth-order valence-electron chi connectivity index (χ4n) is 1.35. The summed E-state index contributed by atoms with van der Waals surface area (Å²) < 4.78 is 14.2. The smallest absolute Gasteiger partial charge is 0.372 e.